The van der Waals surface area contributed by atoms with E-state index in [4.69, 9.17) is 23.1 Å². The molecule has 41 heavy (non-hydrogen) atoms. The minimum absolute atomic E-state index is 0.196. The molecule has 3 aromatic carbocycles. The molecule has 5 atom stereocenters. The summed E-state index contributed by atoms with van der Waals surface area (Å²) in [6.45, 7) is 14.8. The van der Waals surface area contributed by atoms with Gasteiger partial charge in [0.15, 0.2) is 0 Å². The first-order valence-electron chi connectivity index (χ1n) is 14.6. The molecule has 0 radical (unpaired) electrons. The Bertz CT molecular complexity index is 1210. The molecule has 0 N–H and O–H groups in total. The third kappa shape index (κ3) is 6.83. The topological polar surface area (TPSA) is 46.2 Å². The summed E-state index contributed by atoms with van der Waals surface area (Å²) in [6.07, 6.45) is -1.38. The van der Waals surface area contributed by atoms with Crippen LogP contribution in [-0.2, 0) is 36.3 Å². The molecule has 2 bridgehead atoms. The van der Waals surface area contributed by atoms with Crippen molar-refractivity contribution in [2.75, 3.05) is 6.61 Å². The summed E-state index contributed by atoms with van der Waals surface area (Å²) in [7, 11) is -2.89. The van der Waals surface area contributed by atoms with Crippen LogP contribution in [0.2, 0.25) is 10.1 Å². The predicted molar refractivity (Wildman–Crippen MR) is 167 cm³/mol. The number of ether oxygens (including phenoxy) is 3. The number of fused-ring (bicyclic) bond motifs is 2. The summed E-state index contributed by atoms with van der Waals surface area (Å²) in [6, 6.07) is 31.0. The lowest BCUT2D eigenvalue weighted by atomic mass is 9.99. The minimum Gasteiger partial charge on any atom is -0.391 e. The Morgan fingerprint density at radius 1 is 0.707 bits per heavy atom. The van der Waals surface area contributed by atoms with Crippen LogP contribution in [0.15, 0.2) is 95.9 Å². The van der Waals surface area contributed by atoms with Crippen LogP contribution in [0.5, 0.6) is 0 Å². The molecular weight excluding hydrogens is 549 g/mol. The molecule has 0 amide bonds. The van der Waals surface area contributed by atoms with Crippen molar-refractivity contribution in [2.45, 2.75) is 99.6 Å². The first-order chi connectivity index (χ1) is 19.6. The fraction of sp³-hybridized carbons (Fsp3) is 0.471. The van der Waals surface area contributed by atoms with E-state index in [1.807, 2.05) is 42.5 Å². The Balaban J connectivity index is 1.54. The second-order valence-electron chi connectivity index (χ2n) is 13.0. The number of hydrogen-bond donors (Lipinski definition) is 0. The van der Waals surface area contributed by atoms with Gasteiger partial charge in [0.1, 0.15) is 29.9 Å². The maximum absolute atomic E-state index is 7.44. The average Bonchev–Trinajstić information content (AvgIpc) is 3.07. The van der Waals surface area contributed by atoms with Gasteiger partial charge >= 0.3 is 8.56 Å². The molecule has 0 spiro atoms. The van der Waals surface area contributed by atoms with Gasteiger partial charge in [-0.2, -0.15) is 0 Å². The molecule has 2 saturated heterocycles. The quantitative estimate of drug-likeness (QED) is 0.246. The summed E-state index contributed by atoms with van der Waals surface area (Å²) < 4.78 is 34.8. The minimum atomic E-state index is -2.89. The Morgan fingerprint density at radius 2 is 1.20 bits per heavy atom. The molecule has 2 fully saturated rings. The fourth-order valence-corrected chi connectivity index (χ4v) is 12.2. The zero-order valence-electron chi connectivity index (χ0n) is 25.1. The van der Waals surface area contributed by atoms with Crippen molar-refractivity contribution in [2.24, 2.45) is 0 Å². The van der Waals surface area contributed by atoms with E-state index in [2.05, 4.69) is 90.1 Å². The van der Waals surface area contributed by atoms with Gasteiger partial charge in [0.25, 0.3) is 0 Å². The summed E-state index contributed by atoms with van der Waals surface area (Å²) in [5.74, 6) is 0. The van der Waals surface area contributed by atoms with Crippen molar-refractivity contribution in [1.29, 1.82) is 0 Å². The third-order valence-corrected chi connectivity index (χ3v) is 14.2. The number of benzene rings is 3. The lowest BCUT2D eigenvalue weighted by Gasteiger charge is -2.51. The summed E-state index contributed by atoms with van der Waals surface area (Å²) >= 11 is 1.68. The van der Waals surface area contributed by atoms with Gasteiger partial charge in [-0.3, -0.25) is 0 Å². The predicted octanol–water partition coefficient (Wildman–Crippen LogP) is 8.13. The second-order valence-corrected chi connectivity index (χ2v) is 18.9. The summed E-state index contributed by atoms with van der Waals surface area (Å²) in [4.78, 5) is 1.13. The molecule has 0 aromatic heterocycles. The van der Waals surface area contributed by atoms with Gasteiger partial charge in [-0.25, -0.2) is 0 Å². The smallest absolute Gasteiger partial charge is 0.349 e. The zero-order valence-corrected chi connectivity index (χ0v) is 26.9. The normalized spacial score (nSPS) is 26.3. The van der Waals surface area contributed by atoms with E-state index in [0.717, 1.165) is 16.0 Å². The van der Waals surface area contributed by atoms with E-state index in [9.17, 15) is 0 Å². The molecule has 3 aromatic rings. The van der Waals surface area contributed by atoms with E-state index >= 15 is 0 Å². The second kappa shape index (κ2) is 12.7. The molecule has 220 valence electrons. The SMILES string of the molecule is CC(C)(C)[Si]1(C(C)(C)C)OCC2O[C@@H](Sc3ccccc3)C(OCc3ccccc3)C(O1)[C@@H]2OCc1ccccc1. The van der Waals surface area contributed by atoms with Gasteiger partial charge in [0, 0.05) is 15.0 Å². The van der Waals surface area contributed by atoms with Gasteiger partial charge in [-0.15, -0.1) is 0 Å². The molecule has 5 rings (SSSR count). The van der Waals surface area contributed by atoms with Crippen molar-refractivity contribution in [3.8, 4) is 0 Å². The highest BCUT2D eigenvalue weighted by molar-refractivity contribution is 7.99. The number of thioether (sulfide) groups is 1. The Morgan fingerprint density at radius 3 is 1.71 bits per heavy atom. The first-order valence-corrected chi connectivity index (χ1v) is 17.3. The van der Waals surface area contributed by atoms with Crippen molar-refractivity contribution >= 4 is 20.3 Å². The molecule has 5 nitrogen and oxygen atoms in total. The maximum Gasteiger partial charge on any atom is 0.349 e. The number of rotatable bonds is 8. The van der Waals surface area contributed by atoms with Crippen LogP contribution in [0.3, 0.4) is 0 Å². The molecule has 0 saturated carbocycles. The monoisotopic (exact) mass is 592 g/mol. The lowest BCUT2D eigenvalue weighted by Crippen LogP contribution is -2.63. The van der Waals surface area contributed by atoms with Crippen LogP contribution in [0, 0.1) is 0 Å². The Hall–Kier alpha value is -1.97. The van der Waals surface area contributed by atoms with Gasteiger partial charge in [-0.05, 0) is 23.3 Å². The van der Waals surface area contributed by atoms with E-state index < -0.39 is 8.56 Å². The Labute approximate surface area is 251 Å². The van der Waals surface area contributed by atoms with Crippen LogP contribution in [0.4, 0.5) is 0 Å². The number of hydrogen-bond acceptors (Lipinski definition) is 6. The van der Waals surface area contributed by atoms with Crippen LogP contribution in [0.25, 0.3) is 0 Å². The highest BCUT2D eigenvalue weighted by Gasteiger charge is 2.64. The van der Waals surface area contributed by atoms with Crippen LogP contribution >= 0.6 is 11.8 Å². The van der Waals surface area contributed by atoms with Crippen molar-refractivity contribution in [1.82, 2.24) is 0 Å². The van der Waals surface area contributed by atoms with Gasteiger partial charge < -0.3 is 23.1 Å². The molecule has 2 aliphatic heterocycles. The molecule has 0 aliphatic carbocycles. The van der Waals surface area contributed by atoms with Crippen LogP contribution < -0.4 is 0 Å². The van der Waals surface area contributed by atoms with Gasteiger partial charge in [0.05, 0.1) is 19.8 Å². The van der Waals surface area contributed by atoms with E-state index in [1.165, 1.54) is 0 Å². The van der Waals surface area contributed by atoms with Crippen LogP contribution in [-0.4, -0.2) is 45.0 Å². The fourth-order valence-electron chi connectivity index (χ4n) is 6.12. The molecule has 2 aliphatic rings. The lowest BCUT2D eigenvalue weighted by molar-refractivity contribution is -0.221. The third-order valence-electron chi connectivity index (χ3n) is 7.88. The van der Waals surface area contributed by atoms with Gasteiger partial charge in [-0.1, -0.05) is 132 Å². The molecular formula is C34H44O5SSi. The van der Waals surface area contributed by atoms with E-state index in [1.54, 1.807) is 11.8 Å². The molecule has 7 heteroatoms. The average molecular weight is 593 g/mol. The van der Waals surface area contributed by atoms with Crippen molar-refractivity contribution < 1.29 is 23.1 Å². The van der Waals surface area contributed by atoms with E-state index in [0.29, 0.717) is 19.8 Å². The maximum atomic E-state index is 7.44. The van der Waals surface area contributed by atoms with Gasteiger partial charge in [0.2, 0.25) is 0 Å². The highest BCUT2D eigenvalue weighted by Crippen LogP contribution is 2.55. The summed E-state index contributed by atoms with van der Waals surface area (Å²) in [5, 5.41) is -0.391. The first kappa shape index (κ1) is 30.5. The largest absolute Gasteiger partial charge is 0.391 e. The molecule has 3 unspecified atom stereocenters. The van der Waals surface area contributed by atoms with Crippen molar-refractivity contribution in [3.63, 3.8) is 0 Å². The standard InChI is InChI=1S/C34H44O5SSi/c1-33(2,3)41(34(4,5)6)37-24-28-29(35-22-25-16-10-7-11-17-25)30(39-41)31(36-23-26-18-12-8-13-19-26)32(38-28)40-27-20-14-9-15-21-27/h7-21,28-32H,22-24H2,1-6H3/t28?,29-,30?,31?,32+/m1/s1. The van der Waals surface area contributed by atoms with Crippen LogP contribution in [0.1, 0.15) is 52.7 Å². The Kier molecular flexibility index (Phi) is 9.46. The van der Waals surface area contributed by atoms with E-state index in [-0.39, 0.29) is 39.9 Å². The summed E-state index contributed by atoms with van der Waals surface area (Å²) in [5.41, 5.74) is 1.93. The van der Waals surface area contributed by atoms with Crippen molar-refractivity contribution in [3.05, 3.63) is 102 Å². The zero-order chi connectivity index (χ0) is 29.1. The highest BCUT2D eigenvalue weighted by atomic mass is 32.2. The molecule has 2 heterocycles.